The van der Waals surface area contributed by atoms with E-state index in [1.54, 1.807) is 47.7 Å². The van der Waals surface area contributed by atoms with Crippen molar-refractivity contribution in [2.45, 2.75) is 13.5 Å². The molecule has 0 spiro atoms. The summed E-state index contributed by atoms with van der Waals surface area (Å²) >= 11 is 1.58. The number of furan rings is 1. The third kappa shape index (κ3) is 3.93. The first-order valence-corrected chi connectivity index (χ1v) is 9.15. The molecule has 136 valence electrons. The minimum atomic E-state index is -0.298. The predicted molar refractivity (Wildman–Crippen MR) is 102 cm³/mol. The summed E-state index contributed by atoms with van der Waals surface area (Å²) in [6.07, 6.45) is 1.46. The van der Waals surface area contributed by atoms with Crippen molar-refractivity contribution in [2.24, 2.45) is 0 Å². The Balaban J connectivity index is 1.37. The first-order valence-electron chi connectivity index (χ1n) is 8.27. The molecule has 4 rings (SSSR count). The van der Waals surface area contributed by atoms with Crippen LogP contribution < -0.4 is 10.1 Å². The topological polar surface area (TPSA) is 77.5 Å². The summed E-state index contributed by atoms with van der Waals surface area (Å²) in [6, 6.07) is 14.3. The van der Waals surface area contributed by atoms with Gasteiger partial charge in [0.2, 0.25) is 5.89 Å². The highest BCUT2D eigenvalue weighted by Gasteiger charge is 2.13. The van der Waals surface area contributed by atoms with Gasteiger partial charge in [-0.1, -0.05) is 6.07 Å². The van der Waals surface area contributed by atoms with Crippen LogP contribution in [0.5, 0.6) is 5.75 Å². The highest BCUT2D eigenvalue weighted by Crippen LogP contribution is 2.26. The van der Waals surface area contributed by atoms with Gasteiger partial charge < -0.3 is 18.9 Å². The third-order valence-electron chi connectivity index (χ3n) is 3.86. The van der Waals surface area contributed by atoms with Gasteiger partial charge in [0.25, 0.3) is 5.91 Å². The Bertz CT molecular complexity index is 1020. The van der Waals surface area contributed by atoms with E-state index in [-0.39, 0.29) is 11.7 Å². The Morgan fingerprint density at radius 1 is 1.19 bits per heavy atom. The average Bonchev–Trinajstić information content (AvgIpc) is 3.43. The molecule has 0 saturated heterocycles. The summed E-state index contributed by atoms with van der Waals surface area (Å²) < 4.78 is 16.6. The number of rotatable bonds is 6. The number of hydrogen-bond donors (Lipinski definition) is 1. The number of nitrogens with one attached hydrogen (secondary N) is 1. The number of aromatic nitrogens is 1. The zero-order valence-corrected chi connectivity index (χ0v) is 15.3. The van der Waals surface area contributed by atoms with Crippen LogP contribution in [-0.2, 0) is 6.61 Å². The van der Waals surface area contributed by atoms with Gasteiger partial charge in [-0.3, -0.25) is 4.79 Å². The first kappa shape index (κ1) is 17.1. The standard InChI is InChI=1S/C20H16N2O4S/c1-13-16(22-20(26-13)18-5-3-11-27-18)12-25-15-8-6-14(7-9-15)21-19(23)17-4-2-10-24-17/h2-11H,12H2,1H3,(H,21,23). The number of anilines is 1. The minimum Gasteiger partial charge on any atom is -0.487 e. The van der Waals surface area contributed by atoms with Gasteiger partial charge in [-0.15, -0.1) is 11.3 Å². The van der Waals surface area contributed by atoms with Crippen molar-refractivity contribution in [3.05, 3.63) is 77.4 Å². The minimum absolute atomic E-state index is 0.262. The van der Waals surface area contributed by atoms with Crippen molar-refractivity contribution in [3.8, 4) is 16.5 Å². The van der Waals surface area contributed by atoms with Crippen molar-refractivity contribution in [1.29, 1.82) is 0 Å². The summed E-state index contributed by atoms with van der Waals surface area (Å²) in [6.45, 7) is 2.18. The molecule has 0 aliphatic carbocycles. The predicted octanol–water partition coefficient (Wildman–Crippen LogP) is 5.14. The maximum Gasteiger partial charge on any atom is 0.291 e. The number of nitrogens with zero attached hydrogens (tertiary/aromatic N) is 1. The first-order chi connectivity index (χ1) is 13.2. The summed E-state index contributed by atoms with van der Waals surface area (Å²) in [4.78, 5) is 17.4. The van der Waals surface area contributed by atoms with E-state index in [2.05, 4.69) is 10.3 Å². The Labute approximate surface area is 159 Å². The van der Waals surface area contributed by atoms with E-state index in [1.807, 2.05) is 24.4 Å². The lowest BCUT2D eigenvalue weighted by molar-refractivity contribution is 0.0996. The fourth-order valence-electron chi connectivity index (χ4n) is 2.45. The normalized spacial score (nSPS) is 10.7. The number of carbonyl (C=O) groups excluding carboxylic acids is 1. The summed E-state index contributed by atoms with van der Waals surface area (Å²) in [5.41, 5.74) is 1.41. The molecule has 27 heavy (non-hydrogen) atoms. The molecule has 7 heteroatoms. The molecular formula is C20H16N2O4S. The Morgan fingerprint density at radius 3 is 2.74 bits per heavy atom. The molecule has 3 aromatic heterocycles. The number of amides is 1. The Kier molecular flexibility index (Phi) is 4.76. The van der Waals surface area contributed by atoms with Gasteiger partial charge in [0.15, 0.2) is 5.76 Å². The lowest BCUT2D eigenvalue weighted by Crippen LogP contribution is -2.10. The Hall–Kier alpha value is -3.32. The van der Waals surface area contributed by atoms with Crippen LogP contribution in [0, 0.1) is 6.92 Å². The molecule has 0 unspecified atom stereocenters. The van der Waals surface area contributed by atoms with Gasteiger partial charge in [-0.25, -0.2) is 4.98 Å². The number of oxazole rings is 1. The zero-order valence-electron chi connectivity index (χ0n) is 14.5. The average molecular weight is 380 g/mol. The number of hydrogen-bond acceptors (Lipinski definition) is 6. The van der Waals surface area contributed by atoms with Crippen LogP contribution in [0.25, 0.3) is 10.8 Å². The molecule has 6 nitrogen and oxygen atoms in total. The van der Waals surface area contributed by atoms with Crippen LogP contribution in [0.1, 0.15) is 22.0 Å². The number of benzene rings is 1. The van der Waals surface area contributed by atoms with Gasteiger partial charge in [0.05, 0.1) is 11.1 Å². The second kappa shape index (κ2) is 7.51. The van der Waals surface area contributed by atoms with E-state index < -0.39 is 0 Å². The summed E-state index contributed by atoms with van der Waals surface area (Å²) in [5, 5.41) is 4.74. The van der Waals surface area contributed by atoms with Crippen LogP contribution >= 0.6 is 11.3 Å². The van der Waals surface area contributed by atoms with Crippen LogP contribution in [0.4, 0.5) is 5.69 Å². The van der Waals surface area contributed by atoms with Gasteiger partial charge in [0.1, 0.15) is 23.8 Å². The molecule has 1 N–H and O–H groups in total. The zero-order chi connectivity index (χ0) is 18.6. The highest BCUT2D eigenvalue weighted by atomic mass is 32.1. The van der Waals surface area contributed by atoms with E-state index in [0.29, 0.717) is 23.9 Å². The fourth-order valence-corrected chi connectivity index (χ4v) is 3.10. The van der Waals surface area contributed by atoms with E-state index in [4.69, 9.17) is 13.6 Å². The van der Waals surface area contributed by atoms with Gasteiger partial charge >= 0.3 is 0 Å². The molecule has 0 aliphatic rings. The number of ether oxygens (including phenoxy) is 1. The van der Waals surface area contributed by atoms with Crippen molar-refractivity contribution in [3.63, 3.8) is 0 Å². The van der Waals surface area contributed by atoms with Crippen LogP contribution in [-0.4, -0.2) is 10.9 Å². The second-order valence-electron chi connectivity index (χ2n) is 5.74. The molecule has 1 aromatic carbocycles. The quantitative estimate of drug-likeness (QED) is 0.501. The second-order valence-corrected chi connectivity index (χ2v) is 6.69. The van der Waals surface area contributed by atoms with Crippen molar-refractivity contribution < 1.29 is 18.4 Å². The van der Waals surface area contributed by atoms with Crippen LogP contribution in [0.15, 0.2) is 69.0 Å². The molecule has 0 saturated carbocycles. The van der Waals surface area contributed by atoms with Crippen molar-refractivity contribution in [2.75, 3.05) is 5.32 Å². The lowest BCUT2D eigenvalue weighted by atomic mass is 10.3. The molecule has 3 heterocycles. The van der Waals surface area contributed by atoms with E-state index >= 15 is 0 Å². The lowest BCUT2D eigenvalue weighted by Gasteiger charge is -2.07. The molecule has 0 fully saturated rings. The number of thiophene rings is 1. The Morgan fingerprint density at radius 2 is 2.04 bits per heavy atom. The molecule has 1 amide bonds. The van der Waals surface area contributed by atoms with Crippen molar-refractivity contribution >= 4 is 22.9 Å². The maximum absolute atomic E-state index is 12.0. The molecule has 0 bridgehead atoms. The summed E-state index contributed by atoms with van der Waals surface area (Å²) in [7, 11) is 0. The third-order valence-corrected chi connectivity index (χ3v) is 4.72. The van der Waals surface area contributed by atoms with Gasteiger partial charge in [0, 0.05) is 5.69 Å². The maximum atomic E-state index is 12.0. The van der Waals surface area contributed by atoms with Crippen molar-refractivity contribution in [1.82, 2.24) is 4.98 Å². The van der Waals surface area contributed by atoms with Crippen LogP contribution in [0.2, 0.25) is 0 Å². The van der Waals surface area contributed by atoms with E-state index in [1.165, 1.54) is 6.26 Å². The van der Waals surface area contributed by atoms with Gasteiger partial charge in [-0.05, 0) is 54.8 Å². The van der Waals surface area contributed by atoms with Gasteiger partial charge in [-0.2, -0.15) is 0 Å². The SMILES string of the molecule is Cc1oc(-c2cccs2)nc1COc1ccc(NC(=O)c2ccco2)cc1. The molecule has 0 atom stereocenters. The summed E-state index contributed by atoms with van der Waals surface area (Å²) in [5.74, 6) is 1.98. The molecule has 0 radical (unpaired) electrons. The van der Waals surface area contributed by atoms with E-state index in [0.717, 1.165) is 16.3 Å². The van der Waals surface area contributed by atoms with Crippen LogP contribution in [0.3, 0.4) is 0 Å². The molecular weight excluding hydrogens is 364 g/mol. The monoisotopic (exact) mass is 380 g/mol. The highest BCUT2D eigenvalue weighted by molar-refractivity contribution is 7.13. The molecule has 4 aromatic rings. The largest absolute Gasteiger partial charge is 0.487 e. The fraction of sp³-hybridized carbons (Fsp3) is 0.100. The molecule has 0 aliphatic heterocycles. The number of carbonyl (C=O) groups is 1. The number of aryl methyl sites for hydroxylation is 1. The smallest absolute Gasteiger partial charge is 0.291 e. The van der Waals surface area contributed by atoms with E-state index in [9.17, 15) is 4.79 Å².